The summed E-state index contributed by atoms with van der Waals surface area (Å²) in [7, 11) is 0. The van der Waals surface area contributed by atoms with Gasteiger partial charge in [-0.2, -0.15) is 0 Å². The van der Waals surface area contributed by atoms with Gasteiger partial charge in [0.2, 0.25) is 5.78 Å². The second kappa shape index (κ2) is 5.12. The zero-order chi connectivity index (χ0) is 16.0. The number of carbonyl (C=O) groups excluding carboxylic acids is 1. The van der Waals surface area contributed by atoms with Crippen LogP contribution in [0.3, 0.4) is 0 Å². The monoisotopic (exact) mass is 307 g/mol. The van der Waals surface area contributed by atoms with Crippen molar-refractivity contribution in [1.29, 1.82) is 0 Å². The summed E-state index contributed by atoms with van der Waals surface area (Å²) < 4.78 is 16.4. The van der Waals surface area contributed by atoms with Crippen LogP contribution in [0.4, 0.5) is 5.69 Å². The lowest BCUT2D eigenvalue weighted by Gasteiger charge is -2.49. The maximum Gasteiger partial charge on any atom is 0.347 e. The normalized spacial score (nSPS) is 30.3. The topological polar surface area (TPSA) is 87.9 Å². The molecule has 4 rings (SSSR count). The fraction of sp³-hybridized carbons (Fsp3) is 0.533. The van der Waals surface area contributed by atoms with Crippen LogP contribution in [0.2, 0.25) is 0 Å². The van der Waals surface area contributed by atoms with Crippen molar-refractivity contribution in [1.82, 2.24) is 0 Å². The molecule has 0 spiro atoms. The quantitative estimate of drug-likeness (QED) is 0.622. The molecule has 3 aliphatic heterocycles. The highest BCUT2D eigenvalue weighted by Crippen LogP contribution is 2.39. The Balaban J connectivity index is 1.82. The summed E-state index contributed by atoms with van der Waals surface area (Å²) in [6.07, 6.45) is -0.173. The molecule has 0 N–H and O–H groups in total. The molecule has 3 aliphatic rings. The Morgan fingerprint density at radius 2 is 1.86 bits per heavy atom. The third kappa shape index (κ3) is 2.51. The number of nitro benzene ring substituents is 1. The van der Waals surface area contributed by atoms with Gasteiger partial charge in [-0.05, 0) is 12.5 Å². The smallest absolute Gasteiger partial charge is 0.320 e. The van der Waals surface area contributed by atoms with Crippen molar-refractivity contribution in [3.63, 3.8) is 0 Å². The first-order valence-corrected chi connectivity index (χ1v) is 7.03. The predicted octanol–water partition coefficient (Wildman–Crippen LogP) is 1.75. The lowest BCUT2D eigenvalue weighted by molar-refractivity contribution is -0.440. The van der Waals surface area contributed by atoms with Gasteiger partial charge in [-0.15, -0.1) is 0 Å². The van der Waals surface area contributed by atoms with E-state index in [0.717, 1.165) is 5.56 Å². The van der Waals surface area contributed by atoms with E-state index in [1.807, 2.05) is 6.92 Å². The number of aryl methyl sites for hydroxylation is 1. The molecule has 22 heavy (non-hydrogen) atoms. The SMILES string of the molecule is Cc1ccc(CC(=O)C23OCC(C)(CO2)CO3)c([N+](=O)[O-])c1. The number of hydrogen-bond acceptors (Lipinski definition) is 6. The van der Waals surface area contributed by atoms with Crippen LogP contribution in [0.5, 0.6) is 0 Å². The molecular formula is C15H17NO6. The van der Waals surface area contributed by atoms with Crippen LogP contribution >= 0.6 is 0 Å². The summed E-state index contributed by atoms with van der Waals surface area (Å²) in [5.41, 5.74) is 0.763. The third-order valence-electron chi connectivity index (χ3n) is 3.96. The van der Waals surface area contributed by atoms with Crippen LogP contribution in [-0.4, -0.2) is 36.5 Å². The molecule has 0 unspecified atom stereocenters. The van der Waals surface area contributed by atoms with Gasteiger partial charge in [0.1, 0.15) is 0 Å². The highest BCUT2D eigenvalue weighted by molar-refractivity contribution is 5.87. The number of Topliss-reactive ketones (excluding diaryl/α,β-unsaturated/α-hetero) is 1. The van der Waals surface area contributed by atoms with Crippen molar-refractivity contribution in [3.8, 4) is 0 Å². The molecule has 0 radical (unpaired) electrons. The molecule has 3 fully saturated rings. The minimum absolute atomic E-state index is 0.0822. The lowest BCUT2D eigenvalue weighted by Crippen LogP contribution is -2.62. The number of ether oxygens (including phenoxy) is 3. The average molecular weight is 307 g/mol. The number of nitro groups is 1. The molecule has 3 heterocycles. The first-order valence-electron chi connectivity index (χ1n) is 7.03. The van der Waals surface area contributed by atoms with Gasteiger partial charge in [0.05, 0.1) is 24.7 Å². The number of fused-ring (bicyclic) bond motifs is 3. The molecule has 0 saturated carbocycles. The minimum Gasteiger partial charge on any atom is -0.320 e. The molecule has 118 valence electrons. The van der Waals surface area contributed by atoms with Crippen LogP contribution in [-0.2, 0) is 25.4 Å². The molecule has 0 aromatic heterocycles. The number of benzene rings is 1. The highest BCUT2D eigenvalue weighted by atomic mass is 16.9. The van der Waals surface area contributed by atoms with E-state index in [-0.39, 0.29) is 17.5 Å². The predicted molar refractivity (Wildman–Crippen MR) is 75.2 cm³/mol. The summed E-state index contributed by atoms with van der Waals surface area (Å²) in [6, 6.07) is 4.76. The Kier molecular flexibility index (Phi) is 3.51. The summed E-state index contributed by atoms with van der Waals surface area (Å²) >= 11 is 0. The molecular weight excluding hydrogens is 290 g/mol. The van der Waals surface area contributed by atoms with Gasteiger partial charge in [-0.3, -0.25) is 14.9 Å². The van der Waals surface area contributed by atoms with Crippen LogP contribution in [0.15, 0.2) is 18.2 Å². The Morgan fingerprint density at radius 3 is 2.41 bits per heavy atom. The Morgan fingerprint density at radius 1 is 1.27 bits per heavy atom. The average Bonchev–Trinajstić information content (AvgIpc) is 2.50. The van der Waals surface area contributed by atoms with Crippen LogP contribution in [0, 0.1) is 22.5 Å². The standard InChI is InChI=1S/C15H17NO6/c1-10-3-4-11(12(5-10)16(18)19)6-13(17)15-20-7-14(2,8-21-15)9-22-15/h3-5H,6-9H2,1-2H3. The van der Waals surface area contributed by atoms with Gasteiger partial charge in [-0.1, -0.05) is 19.1 Å². The van der Waals surface area contributed by atoms with E-state index in [4.69, 9.17) is 14.2 Å². The minimum atomic E-state index is -1.71. The summed E-state index contributed by atoms with van der Waals surface area (Å²) in [4.78, 5) is 23.2. The first-order chi connectivity index (χ1) is 10.3. The number of carbonyl (C=O) groups is 1. The summed E-state index contributed by atoms with van der Waals surface area (Å²) in [5, 5.41) is 11.1. The van der Waals surface area contributed by atoms with Gasteiger partial charge >= 0.3 is 5.97 Å². The molecule has 2 bridgehead atoms. The second-order valence-corrected chi connectivity index (χ2v) is 6.22. The summed E-state index contributed by atoms with van der Waals surface area (Å²) in [6.45, 7) is 4.82. The number of rotatable bonds is 4. The molecule has 1 aromatic rings. The maximum atomic E-state index is 12.5. The Bertz CT molecular complexity index is 616. The molecule has 3 saturated heterocycles. The summed E-state index contributed by atoms with van der Waals surface area (Å²) in [5.74, 6) is -2.17. The van der Waals surface area contributed by atoms with Crippen LogP contribution < -0.4 is 0 Å². The zero-order valence-electron chi connectivity index (χ0n) is 12.5. The van der Waals surface area contributed by atoms with E-state index < -0.39 is 16.7 Å². The van der Waals surface area contributed by atoms with E-state index >= 15 is 0 Å². The molecule has 0 aliphatic carbocycles. The van der Waals surface area contributed by atoms with Gasteiger partial charge < -0.3 is 14.2 Å². The Hall–Kier alpha value is -1.83. The Labute approximate surface area is 127 Å². The van der Waals surface area contributed by atoms with Crippen molar-refractivity contribution < 1.29 is 23.9 Å². The van der Waals surface area contributed by atoms with Crippen molar-refractivity contribution in [3.05, 3.63) is 39.4 Å². The van der Waals surface area contributed by atoms with Gasteiger partial charge in [0.15, 0.2) is 0 Å². The van der Waals surface area contributed by atoms with Gasteiger partial charge in [0.25, 0.3) is 5.69 Å². The van der Waals surface area contributed by atoms with E-state index in [1.54, 1.807) is 19.1 Å². The van der Waals surface area contributed by atoms with E-state index in [0.29, 0.717) is 25.4 Å². The fourth-order valence-electron chi connectivity index (χ4n) is 2.57. The van der Waals surface area contributed by atoms with Gasteiger partial charge in [0, 0.05) is 23.5 Å². The number of ketones is 1. The van der Waals surface area contributed by atoms with E-state index in [9.17, 15) is 14.9 Å². The second-order valence-electron chi connectivity index (χ2n) is 6.22. The molecule has 0 atom stereocenters. The molecule has 1 aromatic carbocycles. The fourth-order valence-corrected chi connectivity index (χ4v) is 2.57. The third-order valence-corrected chi connectivity index (χ3v) is 3.96. The largest absolute Gasteiger partial charge is 0.347 e. The van der Waals surface area contributed by atoms with Crippen molar-refractivity contribution in [2.24, 2.45) is 5.41 Å². The van der Waals surface area contributed by atoms with Crippen molar-refractivity contribution in [2.75, 3.05) is 19.8 Å². The van der Waals surface area contributed by atoms with Gasteiger partial charge in [-0.25, -0.2) is 0 Å². The van der Waals surface area contributed by atoms with E-state index in [1.165, 1.54) is 6.07 Å². The zero-order valence-corrected chi connectivity index (χ0v) is 12.5. The number of nitrogens with zero attached hydrogens (tertiary/aromatic N) is 1. The molecule has 7 heteroatoms. The van der Waals surface area contributed by atoms with Crippen molar-refractivity contribution >= 4 is 11.5 Å². The first kappa shape index (κ1) is 15.1. The van der Waals surface area contributed by atoms with Crippen molar-refractivity contribution in [2.45, 2.75) is 26.2 Å². The van der Waals surface area contributed by atoms with E-state index in [2.05, 4.69) is 0 Å². The maximum absolute atomic E-state index is 12.5. The number of hydrogen-bond donors (Lipinski definition) is 0. The lowest BCUT2D eigenvalue weighted by atomic mass is 9.91. The highest BCUT2D eigenvalue weighted by Gasteiger charge is 2.55. The molecule has 7 nitrogen and oxygen atoms in total. The van der Waals surface area contributed by atoms with Crippen LogP contribution in [0.25, 0.3) is 0 Å². The molecule has 0 amide bonds. The van der Waals surface area contributed by atoms with Crippen LogP contribution in [0.1, 0.15) is 18.1 Å².